The van der Waals surface area contributed by atoms with Gasteiger partial charge in [-0.2, -0.15) is 5.10 Å². The van der Waals surface area contributed by atoms with E-state index in [0.717, 1.165) is 40.1 Å². The quantitative estimate of drug-likeness (QED) is 0.618. The monoisotopic (exact) mass is 344 g/mol. The van der Waals surface area contributed by atoms with Crippen molar-refractivity contribution < 1.29 is 0 Å². The van der Waals surface area contributed by atoms with Crippen LogP contribution in [-0.2, 0) is 13.0 Å². The second-order valence-corrected chi connectivity index (χ2v) is 5.77. The molecule has 8 heteroatoms. The molecule has 1 unspecified atom stereocenters. The summed E-state index contributed by atoms with van der Waals surface area (Å²) >= 11 is 4.92. The van der Waals surface area contributed by atoms with Crippen molar-refractivity contribution in [1.29, 1.82) is 0 Å². The van der Waals surface area contributed by atoms with Crippen molar-refractivity contribution in [1.82, 2.24) is 24.8 Å². The first kappa shape index (κ1) is 14.6. The molecule has 0 spiro atoms. The lowest BCUT2D eigenvalue weighted by Gasteiger charge is -2.17. The third kappa shape index (κ3) is 2.86. The van der Waals surface area contributed by atoms with Gasteiger partial charge in [0.25, 0.3) is 0 Å². The molecule has 0 aliphatic carbocycles. The summed E-state index contributed by atoms with van der Waals surface area (Å²) in [6, 6.07) is -0.140. The standard InChI is InChI=1S/C11H17BrN6S/c1-3-5-8-11(19-17-16-8)9(15-13)10-7(12)6-14-18(10)4-2/h6,9,15H,3-5,13H2,1-2H3. The molecular formula is C11H17BrN6S. The number of nitrogens with one attached hydrogen (secondary N) is 1. The van der Waals surface area contributed by atoms with E-state index in [1.165, 1.54) is 11.5 Å². The van der Waals surface area contributed by atoms with Gasteiger partial charge in [0, 0.05) is 6.54 Å². The minimum Gasteiger partial charge on any atom is -0.270 e. The number of nitrogens with two attached hydrogens (primary N) is 1. The van der Waals surface area contributed by atoms with Gasteiger partial charge in [0.1, 0.15) is 6.04 Å². The maximum Gasteiger partial charge on any atom is 0.102 e. The fourth-order valence-electron chi connectivity index (χ4n) is 2.03. The Balaban J connectivity index is 2.44. The molecule has 2 heterocycles. The van der Waals surface area contributed by atoms with Crippen LogP contribution in [0.5, 0.6) is 0 Å². The Hall–Kier alpha value is -0.830. The predicted molar refractivity (Wildman–Crippen MR) is 78.7 cm³/mol. The summed E-state index contributed by atoms with van der Waals surface area (Å²) < 4.78 is 6.91. The van der Waals surface area contributed by atoms with Crippen LogP contribution in [-0.4, -0.2) is 19.4 Å². The largest absolute Gasteiger partial charge is 0.270 e. The lowest BCUT2D eigenvalue weighted by atomic mass is 10.1. The van der Waals surface area contributed by atoms with E-state index >= 15 is 0 Å². The van der Waals surface area contributed by atoms with Crippen LogP contribution in [0.3, 0.4) is 0 Å². The van der Waals surface area contributed by atoms with Crippen LogP contribution in [0.15, 0.2) is 10.7 Å². The van der Waals surface area contributed by atoms with Crippen molar-refractivity contribution in [2.45, 2.75) is 39.3 Å². The number of rotatable bonds is 6. The molecular weight excluding hydrogens is 328 g/mol. The molecule has 2 rings (SSSR count). The van der Waals surface area contributed by atoms with Crippen molar-refractivity contribution in [3.63, 3.8) is 0 Å². The van der Waals surface area contributed by atoms with E-state index in [0.29, 0.717) is 0 Å². The van der Waals surface area contributed by atoms with Crippen molar-refractivity contribution in [2.75, 3.05) is 0 Å². The minimum atomic E-state index is -0.140. The second-order valence-electron chi connectivity index (χ2n) is 4.13. The maximum atomic E-state index is 5.75. The number of hydrazine groups is 1. The Morgan fingerprint density at radius 3 is 2.95 bits per heavy atom. The van der Waals surface area contributed by atoms with E-state index < -0.39 is 0 Å². The average molecular weight is 345 g/mol. The normalized spacial score (nSPS) is 12.8. The molecule has 0 fully saturated rings. The Labute approximate surface area is 124 Å². The lowest BCUT2D eigenvalue weighted by Crippen LogP contribution is -2.31. The van der Waals surface area contributed by atoms with Gasteiger partial charge >= 0.3 is 0 Å². The smallest absolute Gasteiger partial charge is 0.102 e. The van der Waals surface area contributed by atoms with E-state index in [-0.39, 0.29) is 6.04 Å². The van der Waals surface area contributed by atoms with Crippen LogP contribution in [0.4, 0.5) is 0 Å². The van der Waals surface area contributed by atoms with Crippen LogP contribution < -0.4 is 11.3 Å². The molecule has 0 radical (unpaired) electrons. The van der Waals surface area contributed by atoms with Gasteiger partial charge in [-0.05, 0) is 40.8 Å². The Morgan fingerprint density at radius 1 is 1.53 bits per heavy atom. The molecule has 3 N–H and O–H groups in total. The molecule has 0 aliphatic heterocycles. The molecule has 19 heavy (non-hydrogen) atoms. The molecule has 2 aromatic heterocycles. The SMILES string of the molecule is CCCc1nnsc1C(NN)c1c(Br)cnn1CC. The third-order valence-electron chi connectivity index (χ3n) is 2.91. The Kier molecular flexibility index (Phi) is 5.03. The summed E-state index contributed by atoms with van der Waals surface area (Å²) in [5.41, 5.74) is 4.87. The molecule has 0 amide bonds. The highest BCUT2D eigenvalue weighted by Gasteiger charge is 2.25. The second kappa shape index (κ2) is 6.56. The van der Waals surface area contributed by atoms with E-state index in [1.807, 2.05) is 11.6 Å². The first-order valence-corrected chi connectivity index (χ1v) is 7.77. The maximum absolute atomic E-state index is 5.75. The number of aryl methyl sites for hydroxylation is 2. The predicted octanol–water partition coefficient (Wildman–Crippen LogP) is 2.02. The minimum absolute atomic E-state index is 0.140. The van der Waals surface area contributed by atoms with Crippen LogP contribution in [0.1, 0.15) is 42.6 Å². The highest BCUT2D eigenvalue weighted by atomic mass is 79.9. The number of nitrogens with zero attached hydrogens (tertiary/aromatic N) is 4. The van der Waals surface area contributed by atoms with E-state index in [4.69, 9.17) is 5.84 Å². The summed E-state index contributed by atoms with van der Waals surface area (Å²) in [4.78, 5) is 1.06. The Bertz CT molecular complexity index is 537. The van der Waals surface area contributed by atoms with E-state index in [1.54, 1.807) is 6.20 Å². The molecule has 0 saturated heterocycles. The van der Waals surface area contributed by atoms with Gasteiger partial charge in [-0.1, -0.05) is 17.8 Å². The molecule has 2 aromatic rings. The van der Waals surface area contributed by atoms with E-state index in [9.17, 15) is 0 Å². The van der Waals surface area contributed by atoms with Crippen molar-refractivity contribution >= 4 is 27.5 Å². The third-order valence-corrected chi connectivity index (χ3v) is 4.35. The molecule has 0 aromatic carbocycles. The molecule has 104 valence electrons. The van der Waals surface area contributed by atoms with Gasteiger partial charge in [0.15, 0.2) is 0 Å². The molecule has 0 aliphatic rings. The average Bonchev–Trinajstić information content (AvgIpc) is 3.00. The summed E-state index contributed by atoms with van der Waals surface area (Å²) in [6.07, 6.45) is 3.73. The summed E-state index contributed by atoms with van der Waals surface area (Å²) in [6.45, 7) is 4.96. The van der Waals surface area contributed by atoms with Gasteiger partial charge < -0.3 is 0 Å². The first-order chi connectivity index (χ1) is 9.22. The summed E-state index contributed by atoms with van der Waals surface area (Å²) in [7, 11) is 0. The van der Waals surface area contributed by atoms with E-state index in [2.05, 4.69) is 43.0 Å². The topological polar surface area (TPSA) is 81.7 Å². The Morgan fingerprint density at radius 2 is 2.32 bits per heavy atom. The van der Waals surface area contributed by atoms with Crippen LogP contribution in [0, 0.1) is 0 Å². The van der Waals surface area contributed by atoms with Gasteiger partial charge in [-0.3, -0.25) is 10.5 Å². The highest BCUT2D eigenvalue weighted by Crippen LogP contribution is 2.31. The molecule has 0 bridgehead atoms. The van der Waals surface area contributed by atoms with Crippen LogP contribution >= 0.6 is 27.5 Å². The zero-order valence-corrected chi connectivity index (χ0v) is 13.3. The van der Waals surface area contributed by atoms with Crippen LogP contribution in [0.2, 0.25) is 0 Å². The fraction of sp³-hybridized carbons (Fsp3) is 0.545. The van der Waals surface area contributed by atoms with Crippen LogP contribution in [0.25, 0.3) is 0 Å². The number of hydrogen-bond acceptors (Lipinski definition) is 6. The fourth-order valence-corrected chi connectivity index (χ4v) is 3.32. The van der Waals surface area contributed by atoms with Gasteiger partial charge in [0.2, 0.25) is 0 Å². The van der Waals surface area contributed by atoms with Crippen molar-refractivity contribution in [2.24, 2.45) is 5.84 Å². The number of hydrogen-bond donors (Lipinski definition) is 2. The molecule has 1 atom stereocenters. The number of halogens is 1. The summed E-state index contributed by atoms with van der Waals surface area (Å²) in [5, 5.41) is 8.52. The molecule has 6 nitrogen and oxygen atoms in total. The summed E-state index contributed by atoms with van der Waals surface area (Å²) in [5.74, 6) is 5.75. The first-order valence-electron chi connectivity index (χ1n) is 6.21. The highest BCUT2D eigenvalue weighted by molar-refractivity contribution is 9.10. The lowest BCUT2D eigenvalue weighted by molar-refractivity contribution is 0.543. The van der Waals surface area contributed by atoms with Crippen molar-refractivity contribution in [3.8, 4) is 0 Å². The molecule has 0 saturated carbocycles. The zero-order valence-electron chi connectivity index (χ0n) is 10.9. The number of aromatic nitrogens is 4. The van der Waals surface area contributed by atoms with Gasteiger partial charge in [0.05, 0.1) is 26.9 Å². The zero-order chi connectivity index (χ0) is 13.8. The van der Waals surface area contributed by atoms with Crippen molar-refractivity contribution in [3.05, 3.63) is 26.9 Å². The van der Waals surface area contributed by atoms with Gasteiger partial charge in [-0.15, -0.1) is 5.10 Å². The van der Waals surface area contributed by atoms with Gasteiger partial charge in [-0.25, -0.2) is 5.43 Å².